The van der Waals surface area contributed by atoms with Crippen LogP contribution in [-0.2, 0) is 6.54 Å². The molecule has 0 bridgehead atoms. The first-order valence-electron chi connectivity index (χ1n) is 6.63. The SMILES string of the molecule is O=c1[nH]c(CNCC2CCCS2)nc2ccccc12. The van der Waals surface area contributed by atoms with Gasteiger partial charge in [-0.05, 0) is 30.7 Å². The second kappa shape index (κ2) is 5.75. The normalized spacial score (nSPS) is 19.1. The van der Waals surface area contributed by atoms with Crippen LogP contribution in [-0.4, -0.2) is 27.5 Å². The molecule has 0 saturated carbocycles. The molecule has 19 heavy (non-hydrogen) atoms. The lowest BCUT2D eigenvalue weighted by Gasteiger charge is -2.09. The van der Waals surface area contributed by atoms with Gasteiger partial charge in [-0.15, -0.1) is 0 Å². The molecule has 1 aliphatic heterocycles. The Balaban J connectivity index is 1.69. The van der Waals surface area contributed by atoms with E-state index in [0.29, 0.717) is 23.0 Å². The summed E-state index contributed by atoms with van der Waals surface area (Å²) in [4.78, 5) is 19.2. The standard InChI is InChI=1S/C14H17N3OS/c18-14-11-5-1-2-6-12(11)16-13(17-14)9-15-8-10-4-3-7-19-10/h1-2,5-6,10,15H,3-4,7-9H2,(H,16,17,18). The minimum Gasteiger partial charge on any atom is -0.309 e. The van der Waals surface area contributed by atoms with Crippen LogP contribution >= 0.6 is 11.8 Å². The molecule has 0 radical (unpaired) electrons. The summed E-state index contributed by atoms with van der Waals surface area (Å²) >= 11 is 2.03. The summed E-state index contributed by atoms with van der Waals surface area (Å²) in [5.41, 5.74) is 0.705. The molecule has 1 aromatic carbocycles. The van der Waals surface area contributed by atoms with Crippen LogP contribution in [0.4, 0.5) is 0 Å². The maximum Gasteiger partial charge on any atom is 0.258 e. The predicted molar refractivity (Wildman–Crippen MR) is 79.6 cm³/mol. The van der Waals surface area contributed by atoms with E-state index in [4.69, 9.17) is 0 Å². The van der Waals surface area contributed by atoms with Gasteiger partial charge in [-0.2, -0.15) is 11.8 Å². The molecule has 1 aromatic heterocycles. The third-order valence-electron chi connectivity index (χ3n) is 3.35. The molecule has 0 spiro atoms. The van der Waals surface area contributed by atoms with Crippen LogP contribution < -0.4 is 10.9 Å². The van der Waals surface area contributed by atoms with Crippen molar-refractivity contribution in [3.63, 3.8) is 0 Å². The molecule has 1 saturated heterocycles. The number of para-hydroxylation sites is 1. The number of thioether (sulfide) groups is 1. The molecule has 1 atom stereocenters. The number of hydrogen-bond donors (Lipinski definition) is 2. The summed E-state index contributed by atoms with van der Waals surface area (Å²) in [7, 11) is 0. The smallest absolute Gasteiger partial charge is 0.258 e. The Bertz CT molecular complexity index is 619. The highest BCUT2D eigenvalue weighted by Gasteiger charge is 2.14. The lowest BCUT2D eigenvalue weighted by atomic mass is 10.2. The van der Waals surface area contributed by atoms with Crippen molar-refractivity contribution >= 4 is 22.7 Å². The van der Waals surface area contributed by atoms with Crippen LogP contribution in [0.15, 0.2) is 29.1 Å². The number of aromatic amines is 1. The Labute approximate surface area is 116 Å². The van der Waals surface area contributed by atoms with E-state index in [1.54, 1.807) is 6.07 Å². The fraction of sp³-hybridized carbons (Fsp3) is 0.429. The van der Waals surface area contributed by atoms with E-state index < -0.39 is 0 Å². The van der Waals surface area contributed by atoms with Crippen molar-refractivity contribution in [2.24, 2.45) is 0 Å². The maximum atomic E-state index is 11.9. The molecule has 100 valence electrons. The monoisotopic (exact) mass is 275 g/mol. The molecular weight excluding hydrogens is 258 g/mol. The maximum absolute atomic E-state index is 11.9. The van der Waals surface area contributed by atoms with E-state index in [0.717, 1.165) is 12.1 Å². The minimum absolute atomic E-state index is 0.0577. The number of H-pyrrole nitrogens is 1. The first-order chi connectivity index (χ1) is 9.33. The Hall–Kier alpha value is -1.33. The Morgan fingerprint density at radius 2 is 2.32 bits per heavy atom. The lowest BCUT2D eigenvalue weighted by Crippen LogP contribution is -2.25. The summed E-state index contributed by atoms with van der Waals surface area (Å²) in [6.07, 6.45) is 2.61. The van der Waals surface area contributed by atoms with E-state index in [9.17, 15) is 4.79 Å². The third kappa shape index (κ3) is 2.98. The van der Waals surface area contributed by atoms with Gasteiger partial charge in [0.05, 0.1) is 17.4 Å². The van der Waals surface area contributed by atoms with Crippen molar-refractivity contribution in [1.29, 1.82) is 0 Å². The average Bonchev–Trinajstić information content (AvgIpc) is 2.92. The van der Waals surface area contributed by atoms with Gasteiger partial charge in [0.1, 0.15) is 5.82 Å². The molecule has 1 aliphatic rings. The fourth-order valence-corrected chi connectivity index (χ4v) is 3.61. The summed E-state index contributed by atoms with van der Waals surface area (Å²) in [5, 5.41) is 4.75. The number of hydrogen-bond acceptors (Lipinski definition) is 4. The van der Waals surface area contributed by atoms with Crippen molar-refractivity contribution in [1.82, 2.24) is 15.3 Å². The molecule has 1 fully saturated rings. The average molecular weight is 275 g/mol. The van der Waals surface area contributed by atoms with Gasteiger partial charge in [0, 0.05) is 11.8 Å². The van der Waals surface area contributed by atoms with E-state index in [1.165, 1.54) is 18.6 Å². The highest BCUT2D eigenvalue weighted by Crippen LogP contribution is 2.25. The number of nitrogens with zero attached hydrogens (tertiary/aromatic N) is 1. The van der Waals surface area contributed by atoms with Gasteiger partial charge < -0.3 is 10.3 Å². The quantitative estimate of drug-likeness (QED) is 0.895. The number of rotatable bonds is 4. The second-order valence-corrected chi connectivity index (χ2v) is 6.20. The number of aromatic nitrogens is 2. The Morgan fingerprint density at radius 1 is 1.42 bits per heavy atom. The number of nitrogens with one attached hydrogen (secondary N) is 2. The van der Waals surface area contributed by atoms with Crippen LogP contribution in [0.5, 0.6) is 0 Å². The van der Waals surface area contributed by atoms with Crippen LogP contribution in [0.2, 0.25) is 0 Å². The Kier molecular flexibility index (Phi) is 3.84. The van der Waals surface area contributed by atoms with Gasteiger partial charge in [0.15, 0.2) is 0 Å². The van der Waals surface area contributed by atoms with Crippen LogP contribution in [0.25, 0.3) is 10.9 Å². The molecule has 3 rings (SSSR count). The molecule has 0 aliphatic carbocycles. The van der Waals surface area contributed by atoms with Gasteiger partial charge in [-0.25, -0.2) is 4.98 Å². The highest BCUT2D eigenvalue weighted by molar-refractivity contribution is 8.00. The van der Waals surface area contributed by atoms with E-state index in [-0.39, 0.29) is 5.56 Å². The zero-order chi connectivity index (χ0) is 13.1. The van der Waals surface area contributed by atoms with Crippen LogP contribution in [0.3, 0.4) is 0 Å². The van der Waals surface area contributed by atoms with Gasteiger partial charge in [-0.1, -0.05) is 12.1 Å². The van der Waals surface area contributed by atoms with E-state index in [2.05, 4.69) is 15.3 Å². The van der Waals surface area contributed by atoms with E-state index in [1.807, 2.05) is 30.0 Å². The number of benzene rings is 1. The summed E-state index contributed by atoms with van der Waals surface area (Å²) in [5.74, 6) is 1.99. The van der Waals surface area contributed by atoms with E-state index >= 15 is 0 Å². The summed E-state index contributed by atoms with van der Waals surface area (Å²) < 4.78 is 0. The molecule has 2 N–H and O–H groups in total. The zero-order valence-corrected chi connectivity index (χ0v) is 11.5. The zero-order valence-electron chi connectivity index (χ0n) is 10.7. The molecule has 2 aromatic rings. The second-order valence-electron chi connectivity index (χ2n) is 4.80. The van der Waals surface area contributed by atoms with Crippen molar-refractivity contribution in [3.8, 4) is 0 Å². The van der Waals surface area contributed by atoms with Crippen molar-refractivity contribution in [2.45, 2.75) is 24.6 Å². The van der Waals surface area contributed by atoms with Gasteiger partial charge in [0.25, 0.3) is 5.56 Å². The summed E-state index contributed by atoms with van der Waals surface area (Å²) in [6, 6.07) is 7.43. The molecule has 5 heteroatoms. The lowest BCUT2D eigenvalue weighted by molar-refractivity contribution is 0.628. The molecule has 0 amide bonds. The van der Waals surface area contributed by atoms with Crippen molar-refractivity contribution in [2.75, 3.05) is 12.3 Å². The van der Waals surface area contributed by atoms with Crippen LogP contribution in [0, 0.1) is 0 Å². The van der Waals surface area contributed by atoms with Gasteiger partial charge >= 0.3 is 0 Å². The van der Waals surface area contributed by atoms with Crippen molar-refractivity contribution < 1.29 is 0 Å². The fourth-order valence-electron chi connectivity index (χ4n) is 2.38. The van der Waals surface area contributed by atoms with Gasteiger partial charge in [-0.3, -0.25) is 4.79 Å². The first-order valence-corrected chi connectivity index (χ1v) is 7.68. The van der Waals surface area contributed by atoms with Gasteiger partial charge in [0.2, 0.25) is 0 Å². The minimum atomic E-state index is -0.0577. The number of fused-ring (bicyclic) bond motifs is 1. The third-order valence-corrected chi connectivity index (χ3v) is 4.75. The molecule has 4 nitrogen and oxygen atoms in total. The topological polar surface area (TPSA) is 57.8 Å². The largest absolute Gasteiger partial charge is 0.309 e. The molecular formula is C14H17N3OS. The van der Waals surface area contributed by atoms with Crippen molar-refractivity contribution in [3.05, 3.63) is 40.4 Å². The first kappa shape index (κ1) is 12.7. The molecule has 1 unspecified atom stereocenters. The Morgan fingerprint density at radius 3 is 3.16 bits per heavy atom. The predicted octanol–water partition coefficient (Wildman–Crippen LogP) is 1.91. The molecule has 2 heterocycles. The summed E-state index contributed by atoms with van der Waals surface area (Å²) in [6.45, 7) is 1.61. The van der Waals surface area contributed by atoms with Crippen LogP contribution in [0.1, 0.15) is 18.7 Å². The highest BCUT2D eigenvalue weighted by atomic mass is 32.2.